The molecule has 2 nitrogen and oxygen atoms in total. The monoisotopic (exact) mass is 249 g/mol. The summed E-state index contributed by atoms with van der Waals surface area (Å²) in [5, 5.41) is 0. The molecule has 0 N–H and O–H groups in total. The van der Waals surface area contributed by atoms with Crippen LogP contribution in [0.4, 0.5) is 0 Å². The molecule has 1 aliphatic rings. The molecule has 0 aromatic carbocycles. The van der Waals surface area contributed by atoms with Crippen LogP contribution in [0.5, 0.6) is 0 Å². The summed E-state index contributed by atoms with van der Waals surface area (Å²) in [5.74, 6) is 1.88. The van der Waals surface area contributed by atoms with Crippen LogP contribution < -0.4 is 0 Å². The summed E-state index contributed by atoms with van der Waals surface area (Å²) in [6.45, 7) is 4.55. The fourth-order valence-corrected chi connectivity index (χ4v) is 2.57. The number of likely N-dealkylation sites (tertiary alicyclic amines) is 1. The molecule has 1 fully saturated rings. The van der Waals surface area contributed by atoms with Gasteiger partial charge < -0.3 is 4.90 Å². The van der Waals surface area contributed by atoms with Crippen LogP contribution in [0.15, 0.2) is 17.8 Å². The normalized spacial score (nSPS) is 17.2. The van der Waals surface area contributed by atoms with E-state index in [1.165, 1.54) is 63.1 Å². The van der Waals surface area contributed by atoms with Crippen molar-refractivity contribution in [2.24, 2.45) is 0 Å². The fourth-order valence-electron chi connectivity index (χ4n) is 2.57. The van der Waals surface area contributed by atoms with Crippen LogP contribution in [-0.2, 0) is 4.79 Å². The van der Waals surface area contributed by atoms with Crippen molar-refractivity contribution in [3.05, 3.63) is 17.8 Å². The van der Waals surface area contributed by atoms with Gasteiger partial charge in [-0.2, -0.15) is 0 Å². The molecule has 2 heteroatoms. The van der Waals surface area contributed by atoms with E-state index >= 15 is 0 Å². The van der Waals surface area contributed by atoms with E-state index in [9.17, 15) is 4.79 Å². The Bertz CT molecular complexity index is 281. The minimum absolute atomic E-state index is 1.11. The number of hydrogen-bond donors (Lipinski definition) is 0. The summed E-state index contributed by atoms with van der Waals surface area (Å²) in [4.78, 5) is 12.9. The molecule has 0 bridgehead atoms. The quantitative estimate of drug-likeness (QED) is 0.384. The van der Waals surface area contributed by atoms with E-state index in [2.05, 4.69) is 11.8 Å². The first kappa shape index (κ1) is 15.0. The van der Waals surface area contributed by atoms with Gasteiger partial charge in [0.25, 0.3) is 0 Å². The molecule has 0 radical (unpaired) electrons. The van der Waals surface area contributed by atoms with E-state index in [-0.39, 0.29) is 0 Å². The molecule has 1 saturated heterocycles. The Morgan fingerprint density at radius 2 is 1.83 bits per heavy atom. The Kier molecular flexibility index (Phi) is 8.33. The molecule has 0 unspecified atom stereocenters. The highest BCUT2D eigenvalue weighted by Crippen LogP contribution is 2.19. The van der Waals surface area contributed by atoms with Crippen molar-refractivity contribution >= 4 is 5.94 Å². The van der Waals surface area contributed by atoms with Gasteiger partial charge in [-0.05, 0) is 31.8 Å². The molecular weight excluding hydrogens is 222 g/mol. The van der Waals surface area contributed by atoms with E-state index in [0.29, 0.717) is 0 Å². The predicted molar refractivity (Wildman–Crippen MR) is 77.1 cm³/mol. The highest BCUT2D eigenvalue weighted by molar-refractivity contribution is 5.49. The lowest BCUT2D eigenvalue weighted by molar-refractivity contribution is 0.342. The molecule has 102 valence electrons. The highest BCUT2D eigenvalue weighted by atomic mass is 16.1. The second-order valence-electron chi connectivity index (χ2n) is 5.15. The molecule has 1 aliphatic heterocycles. The molecule has 1 rings (SSSR count). The van der Waals surface area contributed by atoms with E-state index in [1.807, 2.05) is 12.0 Å². The molecule has 1 heterocycles. The lowest BCUT2D eigenvalue weighted by atomic mass is 10.1. The second-order valence-corrected chi connectivity index (χ2v) is 5.15. The van der Waals surface area contributed by atoms with Crippen LogP contribution in [0.2, 0.25) is 0 Å². The maximum absolute atomic E-state index is 10.4. The minimum atomic E-state index is 1.11. The zero-order valence-corrected chi connectivity index (χ0v) is 11.8. The molecule has 0 saturated carbocycles. The first-order chi connectivity index (χ1) is 8.88. The molecular formula is C16H27NO. The lowest BCUT2D eigenvalue weighted by Gasteiger charge is -2.25. The average molecular weight is 249 g/mol. The van der Waals surface area contributed by atoms with Gasteiger partial charge in [0, 0.05) is 24.9 Å². The summed E-state index contributed by atoms with van der Waals surface area (Å²) in [6, 6.07) is 0. The summed E-state index contributed by atoms with van der Waals surface area (Å²) in [5.41, 5.74) is 1.34. The number of allylic oxidation sites excluding steroid dienone is 3. The van der Waals surface area contributed by atoms with Crippen molar-refractivity contribution in [2.75, 3.05) is 13.1 Å². The van der Waals surface area contributed by atoms with Crippen LogP contribution in [0, 0.1) is 0 Å². The van der Waals surface area contributed by atoms with Crippen LogP contribution in [0.3, 0.4) is 0 Å². The number of unbranched alkanes of at least 4 members (excludes halogenated alkanes) is 3. The van der Waals surface area contributed by atoms with Gasteiger partial charge in [0.1, 0.15) is 5.94 Å². The zero-order valence-electron chi connectivity index (χ0n) is 11.8. The summed E-state index contributed by atoms with van der Waals surface area (Å²) >= 11 is 0. The standard InChI is InChI=1S/C16H27NO/c1-2-3-4-7-11-16(12-10-15-18)17-13-8-5-6-9-14-17/h10,12H,2-9,11,13-14H2,1H3. The van der Waals surface area contributed by atoms with Gasteiger partial charge in [0.15, 0.2) is 0 Å². The smallest absolute Gasteiger partial charge is 0.124 e. The SMILES string of the molecule is CCCCCCC(=CC=C=O)N1CCCCCC1. The first-order valence-corrected chi connectivity index (χ1v) is 7.53. The third-order valence-electron chi connectivity index (χ3n) is 3.64. The summed E-state index contributed by atoms with van der Waals surface area (Å²) in [6.07, 6.45) is 15.0. The van der Waals surface area contributed by atoms with Crippen molar-refractivity contribution in [1.29, 1.82) is 0 Å². The lowest BCUT2D eigenvalue weighted by Crippen LogP contribution is -2.24. The Morgan fingerprint density at radius 1 is 1.11 bits per heavy atom. The Morgan fingerprint density at radius 3 is 2.44 bits per heavy atom. The van der Waals surface area contributed by atoms with Gasteiger partial charge >= 0.3 is 0 Å². The number of rotatable bonds is 7. The fraction of sp³-hybridized carbons (Fsp3) is 0.750. The topological polar surface area (TPSA) is 20.3 Å². The second kappa shape index (κ2) is 9.96. The Hall–Kier alpha value is -1.01. The molecule has 0 aromatic rings. The van der Waals surface area contributed by atoms with Crippen molar-refractivity contribution < 1.29 is 4.79 Å². The van der Waals surface area contributed by atoms with E-state index in [1.54, 1.807) is 0 Å². The number of carbonyl (C=O) groups excluding carboxylic acids is 1. The number of hydrogen-bond acceptors (Lipinski definition) is 2. The molecule has 0 atom stereocenters. The van der Waals surface area contributed by atoms with Crippen LogP contribution in [-0.4, -0.2) is 23.9 Å². The van der Waals surface area contributed by atoms with Gasteiger partial charge in [0.2, 0.25) is 0 Å². The van der Waals surface area contributed by atoms with Gasteiger partial charge in [-0.3, -0.25) is 0 Å². The number of nitrogens with zero attached hydrogens (tertiary/aromatic N) is 1. The van der Waals surface area contributed by atoms with Gasteiger partial charge in [-0.25, -0.2) is 4.79 Å². The van der Waals surface area contributed by atoms with Crippen molar-refractivity contribution in [1.82, 2.24) is 4.90 Å². The van der Waals surface area contributed by atoms with Crippen molar-refractivity contribution in [3.63, 3.8) is 0 Å². The van der Waals surface area contributed by atoms with Crippen molar-refractivity contribution in [3.8, 4) is 0 Å². The Balaban J connectivity index is 2.50. The molecule has 0 spiro atoms. The van der Waals surface area contributed by atoms with Crippen molar-refractivity contribution in [2.45, 2.75) is 64.7 Å². The van der Waals surface area contributed by atoms with E-state index < -0.39 is 0 Å². The average Bonchev–Trinajstić information content (AvgIpc) is 2.67. The highest BCUT2D eigenvalue weighted by Gasteiger charge is 2.11. The molecule has 0 aromatic heterocycles. The zero-order chi connectivity index (χ0) is 13.1. The minimum Gasteiger partial charge on any atom is -0.375 e. The summed E-state index contributed by atoms with van der Waals surface area (Å²) < 4.78 is 0. The van der Waals surface area contributed by atoms with Crippen LogP contribution in [0.25, 0.3) is 0 Å². The van der Waals surface area contributed by atoms with Gasteiger partial charge in [-0.1, -0.05) is 39.0 Å². The maximum Gasteiger partial charge on any atom is 0.124 e. The van der Waals surface area contributed by atoms with Crippen LogP contribution >= 0.6 is 0 Å². The molecule has 0 amide bonds. The first-order valence-electron chi connectivity index (χ1n) is 7.53. The van der Waals surface area contributed by atoms with Gasteiger partial charge in [0.05, 0.1) is 0 Å². The van der Waals surface area contributed by atoms with E-state index in [4.69, 9.17) is 0 Å². The Labute approximate surface area is 112 Å². The maximum atomic E-state index is 10.4. The van der Waals surface area contributed by atoms with Crippen LogP contribution in [0.1, 0.15) is 64.7 Å². The predicted octanol–water partition coefficient (Wildman–Crippen LogP) is 4.10. The van der Waals surface area contributed by atoms with Gasteiger partial charge in [-0.15, -0.1) is 0 Å². The van der Waals surface area contributed by atoms with E-state index in [0.717, 1.165) is 19.5 Å². The third-order valence-corrected chi connectivity index (χ3v) is 3.64. The third kappa shape index (κ3) is 6.07. The summed E-state index contributed by atoms with van der Waals surface area (Å²) in [7, 11) is 0. The molecule has 0 aliphatic carbocycles. The largest absolute Gasteiger partial charge is 0.375 e. The molecule has 18 heavy (non-hydrogen) atoms.